The number of aromatic nitrogens is 1. The first-order valence-corrected chi connectivity index (χ1v) is 8.41. The molecule has 19 heavy (non-hydrogen) atoms. The summed E-state index contributed by atoms with van der Waals surface area (Å²) in [5, 5.41) is 1.92. The molecular formula is C11H12BrN3O2S2. The summed E-state index contributed by atoms with van der Waals surface area (Å²) in [4.78, 5) is 4.90. The Morgan fingerprint density at radius 2 is 2.21 bits per heavy atom. The van der Waals surface area contributed by atoms with Gasteiger partial charge in [-0.1, -0.05) is 0 Å². The molecule has 5 nitrogen and oxygen atoms in total. The average molecular weight is 362 g/mol. The number of nitrogen functional groups attached to an aromatic ring is 1. The normalized spacial score (nSPS) is 11.9. The number of hydrogen-bond donors (Lipinski definition) is 1. The van der Waals surface area contributed by atoms with Gasteiger partial charge < -0.3 is 5.73 Å². The third-order valence-corrected chi connectivity index (χ3v) is 5.94. The van der Waals surface area contributed by atoms with Crippen LogP contribution in [0.2, 0.25) is 0 Å². The first kappa shape index (κ1) is 14.4. The van der Waals surface area contributed by atoms with Crippen LogP contribution in [-0.4, -0.2) is 24.8 Å². The van der Waals surface area contributed by atoms with Crippen molar-refractivity contribution < 1.29 is 8.42 Å². The second-order valence-corrected chi connectivity index (χ2v) is 7.87. The zero-order chi connectivity index (χ0) is 14.0. The highest BCUT2D eigenvalue weighted by atomic mass is 79.9. The molecule has 0 bridgehead atoms. The van der Waals surface area contributed by atoms with Crippen LogP contribution >= 0.6 is 27.3 Å². The van der Waals surface area contributed by atoms with Crippen LogP contribution in [0.4, 0.5) is 5.82 Å². The number of pyridine rings is 1. The fraction of sp³-hybridized carbons (Fsp3) is 0.182. The molecule has 2 rings (SSSR count). The largest absolute Gasteiger partial charge is 0.384 e. The molecule has 2 aromatic heterocycles. The van der Waals surface area contributed by atoms with E-state index in [4.69, 9.17) is 5.73 Å². The molecule has 0 aromatic carbocycles. The van der Waals surface area contributed by atoms with Gasteiger partial charge in [0.2, 0.25) is 10.0 Å². The van der Waals surface area contributed by atoms with Gasteiger partial charge in [-0.05, 0) is 28.1 Å². The molecule has 8 heteroatoms. The van der Waals surface area contributed by atoms with Crippen LogP contribution in [0.15, 0.2) is 39.1 Å². The number of rotatable bonds is 4. The van der Waals surface area contributed by atoms with Gasteiger partial charge in [0.05, 0.1) is 4.90 Å². The molecule has 0 fully saturated rings. The standard InChI is InChI=1S/C11H12BrN3O2S2/c1-15(6-9-4-8(12)7-18-9)19(16,17)10-2-3-14-11(13)5-10/h2-5,7H,6H2,1H3,(H2,13,14). The lowest BCUT2D eigenvalue weighted by Gasteiger charge is -2.16. The first-order chi connectivity index (χ1) is 8.89. The Morgan fingerprint density at radius 3 is 2.79 bits per heavy atom. The van der Waals surface area contributed by atoms with Crippen LogP contribution in [0, 0.1) is 0 Å². The predicted octanol–water partition coefficient (Wildman–Crippen LogP) is 2.31. The third-order valence-electron chi connectivity index (χ3n) is 2.46. The monoisotopic (exact) mass is 361 g/mol. The van der Waals surface area contributed by atoms with E-state index in [1.807, 2.05) is 11.4 Å². The minimum atomic E-state index is -3.55. The fourth-order valence-corrected chi connectivity index (χ4v) is 4.27. The van der Waals surface area contributed by atoms with Crippen LogP contribution in [0.25, 0.3) is 0 Å². The van der Waals surface area contributed by atoms with Crippen molar-refractivity contribution in [1.29, 1.82) is 0 Å². The molecular weight excluding hydrogens is 350 g/mol. The molecule has 0 radical (unpaired) electrons. The van der Waals surface area contributed by atoms with E-state index >= 15 is 0 Å². The van der Waals surface area contributed by atoms with Crippen molar-refractivity contribution in [2.24, 2.45) is 0 Å². The summed E-state index contributed by atoms with van der Waals surface area (Å²) >= 11 is 4.85. The molecule has 2 aromatic rings. The van der Waals surface area contributed by atoms with Gasteiger partial charge in [0.1, 0.15) is 5.82 Å². The van der Waals surface area contributed by atoms with Crippen molar-refractivity contribution in [1.82, 2.24) is 9.29 Å². The first-order valence-electron chi connectivity index (χ1n) is 5.30. The minimum Gasteiger partial charge on any atom is -0.384 e. The van der Waals surface area contributed by atoms with E-state index in [0.29, 0.717) is 6.54 Å². The van der Waals surface area contributed by atoms with E-state index in [9.17, 15) is 8.42 Å². The molecule has 0 aliphatic carbocycles. The summed E-state index contributed by atoms with van der Waals surface area (Å²) in [7, 11) is -2.00. The van der Waals surface area contributed by atoms with E-state index in [0.717, 1.165) is 9.35 Å². The fourth-order valence-electron chi connectivity index (χ4n) is 1.51. The highest BCUT2D eigenvalue weighted by Gasteiger charge is 2.21. The van der Waals surface area contributed by atoms with Crippen LogP contribution in [0.5, 0.6) is 0 Å². The number of anilines is 1. The van der Waals surface area contributed by atoms with Crippen molar-refractivity contribution in [3.8, 4) is 0 Å². The van der Waals surface area contributed by atoms with Crippen molar-refractivity contribution >= 4 is 43.1 Å². The smallest absolute Gasteiger partial charge is 0.243 e. The Bertz CT molecular complexity index is 685. The molecule has 102 valence electrons. The van der Waals surface area contributed by atoms with Crippen molar-refractivity contribution in [2.75, 3.05) is 12.8 Å². The van der Waals surface area contributed by atoms with Crippen molar-refractivity contribution in [3.05, 3.63) is 39.1 Å². The maximum Gasteiger partial charge on any atom is 0.243 e. The van der Waals surface area contributed by atoms with E-state index in [1.165, 1.54) is 34.0 Å². The Labute approximate surface area is 124 Å². The minimum absolute atomic E-state index is 0.151. The lowest BCUT2D eigenvalue weighted by Crippen LogP contribution is -2.26. The summed E-state index contributed by atoms with van der Waals surface area (Å²) in [6.45, 7) is 0.320. The Hall–Kier alpha value is -0.960. The third kappa shape index (κ3) is 3.33. The molecule has 2 heterocycles. The van der Waals surface area contributed by atoms with E-state index in [2.05, 4.69) is 20.9 Å². The quantitative estimate of drug-likeness (QED) is 0.906. The van der Waals surface area contributed by atoms with E-state index in [-0.39, 0.29) is 10.7 Å². The van der Waals surface area contributed by atoms with E-state index in [1.54, 1.807) is 7.05 Å². The van der Waals surface area contributed by atoms with Gasteiger partial charge in [-0.25, -0.2) is 13.4 Å². The second-order valence-electron chi connectivity index (χ2n) is 3.91. The van der Waals surface area contributed by atoms with Crippen LogP contribution in [0.3, 0.4) is 0 Å². The molecule has 0 atom stereocenters. The number of nitrogens with two attached hydrogens (primary N) is 1. The Kier molecular flexibility index (Phi) is 4.24. The van der Waals surface area contributed by atoms with Gasteiger partial charge in [-0.15, -0.1) is 11.3 Å². The summed E-state index contributed by atoms with van der Waals surface area (Å²) in [6.07, 6.45) is 1.39. The molecule has 0 unspecified atom stereocenters. The lowest BCUT2D eigenvalue weighted by atomic mass is 10.5. The SMILES string of the molecule is CN(Cc1cc(Br)cs1)S(=O)(=O)c1ccnc(N)c1. The molecule has 0 saturated carbocycles. The molecule has 0 saturated heterocycles. The molecule has 0 spiro atoms. The molecule has 0 aliphatic rings. The number of hydrogen-bond acceptors (Lipinski definition) is 5. The van der Waals surface area contributed by atoms with Gasteiger partial charge >= 0.3 is 0 Å². The Balaban J connectivity index is 2.24. The predicted molar refractivity (Wildman–Crippen MR) is 79.3 cm³/mol. The van der Waals surface area contributed by atoms with Gasteiger partial charge in [-0.2, -0.15) is 4.31 Å². The number of halogens is 1. The average Bonchev–Trinajstić information content (AvgIpc) is 2.74. The summed E-state index contributed by atoms with van der Waals surface area (Å²) in [5.41, 5.74) is 5.51. The maximum atomic E-state index is 12.3. The zero-order valence-corrected chi connectivity index (χ0v) is 13.3. The zero-order valence-electron chi connectivity index (χ0n) is 10.1. The van der Waals surface area contributed by atoms with Crippen LogP contribution in [-0.2, 0) is 16.6 Å². The number of thiophene rings is 1. The van der Waals surface area contributed by atoms with Gasteiger partial charge in [-0.3, -0.25) is 0 Å². The summed E-state index contributed by atoms with van der Waals surface area (Å²) in [6, 6.07) is 4.69. The summed E-state index contributed by atoms with van der Waals surface area (Å²) in [5.74, 6) is 0.188. The number of sulfonamides is 1. The van der Waals surface area contributed by atoms with Gasteiger partial charge in [0.25, 0.3) is 0 Å². The maximum absolute atomic E-state index is 12.3. The van der Waals surface area contributed by atoms with Crippen LogP contribution < -0.4 is 5.73 Å². The van der Waals surface area contributed by atoms with E-state index < -0.39 is 10.0 Å². The molecule has 0 aliphatic heterocycles. The molecule has 2 N–H and O–H groups in total. The topological polar surface area (TPSA) is 76.3 Å². The second kappa shape index (κ2) is 5.58. The van der Waals surface area contributed by atoms with Crippen molar-refractivity contribution in [2.45, 2.75) is 11.4 Å². The van der Waals surface area contributed by atoms with Crippen LogP contribution in [0.1, 0.15) is 4.88 Å². The highest BCUT2D eigenvalue weighted by molar-refractivity contribution is 9.10. The molecule has 0 amide bonds. The van der Waals surface area contributed by atoms with Gasteiger partial charge in [0, 0.05) is 40.6 Å². The summed E-state index contributed by atoms with van der Waals surface area (Å²) < 4.78 is 26.9. The number of nitrogens with zero attached hydrogens (tertiary/aromatic N) is 2. The van der Waals surface area contributed by atoms with Crippen molar-refractivity contribution in [3.63, 3.8) is 0 Å². The lowest BCUT2D eigenvalue weighted by molar-refractivity contribution is 0.469. The van der Waals surface area contributed by atoms with Gasteiger partial charge in [0.15, 0.2) is 0 Å². The highest BCUT2D eigenvalue weighted by Crippen LogP contribution is 2.23. The Morgan fingerprint density at radius 1 is 1.47 bits per heavy atom.